The molecule has 1 fully saturated rings. The van der Waals surface area contributed by atoms with Gasteiger partial charge in [-0.25, -0.2) is 4.79 Å². The molecule has 0 aromatic rings. The third-order valence-corrected chi connectivity index (χ3v) is 1.81. The van der Waals surface area contributed by atoms with E-state index < -0.39 is 0 Å². The molecule has 62 valence electrons. The number of nitrogens with one attached hydrogen (secondary N) is 1. The monoisotopic (exact) mass is 156 g/mol. The van der Waals surface area contributed by atoms with Crippen molar-refractivity contribution >= 4 is 11.9 Å². The Morgan fingerprint density at radius 1 is 1.55 bits per heavy atom. The Labute approximate surface area is 65.6 Å². The van der Waals surface area contributed by atoms with Gasteiger partial charge in [-0.15, -0.1) is 0 Å². The van der Waals surface area contributed by atoms with Crippen LogP contribution in [0.1, 0.15) is 19.8 Å². The molecule has 1 N–H and O–H groups in total. The molecule has 0 aromatic heterocycles. The van der Waals surface area contributed by atoms with Crippen LogP contribution in [-0.4, -0.2) is 29.9 Å². The molecule has 0 spiro atoms. The number of urea groups is 1. The van der Waals surface area contributed by atoms with Crippen LogP contribution < -0.4 is 5.32 Å². The first kappa shape index (κ1) is 8.04. The van der Waals surface area contributed by atoms with Crippen molar-refractivity contribution < 1.29 is 9.59 Å². The smallest absolute Gasteiger partial charge is 0.324 e. The summed E-state index contributed by atoms with van der Waals surface area (Å²) in [5, 5.41) is 2.59. The van der Waals surface area contributed by atoms with E-state index in [1.807, 2.05) is 6.92 Å². The van der Waals surface area contributed by atoms with Crippen LogP contribution in [0, 0.1) is 0 Å². The summed E-state index contributed by atoms with van der Waals surface area (Å²) in [6, 6.07) is -0.564. The number of carbonyl (C=O) groups is 2. The van der Waals surface area contributed by atoms with Gasteiger partial charge in [-0.1, -0.05) is 13.3 Å². The maximum absolute atomic E-state index is 11.1. The van der Waals surface area contributed by atoms with Crippen molar-refractivity contribution in [1.82, 2.24) is 10.2 Å². The Morgan fingerprint density at radius 3 is 2.55 bits per heavy atom. The van der Waals surface area contributed by atoms with E-state index in [-0.39, 0.29) is 18.0 Å². The number of imide groups is 1. The van der Waals surface area contributed by atoms with Gasteiger partial charge in [0.2, 0.25) is 0 Å². The van der Waals surface area contributed by atoms with Crippen molar-refractivity contribution in [3.8, 4) is 0 Å². The van der Waals surface area contributed by atoms with Gasteiger partial charge in [-0.2, -0.15) is 0 Å². The first-order chi connectivity index (χ1) is 5.16. The SMILES string of the molecule is CCC[C@@H]1NC(=O)N(C)C1=O. The molecule has 4 heteroatoms. The van der Waals surface area contributed by atoms with Gasteiger partial charge in [-0.05, 0) is 6.42 Å². The minimum absolute atomic E-state index is 0.114. The number of nitrogens with zero attached hydrogens (tertiary/aromatic N) is 1. The van der Waals surface area contributed by atoms with E-state index in [1.165, 1.54) is 7.05 Å². The van der Waals surface area contributed by atoms with Gasteiger partial charge in [0, 0.05) is 7.05 Å². The fourth-order valence-corrected chi connectivity index (χ4v) is 1.13. The number of likely N-dealkylation sites (N-methyl/N-ethyl adjacent to an activating group) is 1. The van der Waals surface area contributed by atoms with Gasteiger partial charge in [0.15, 0.2) is 0 Å². The van der Waals surface area contributed by atoms with Crippen molar-refractivity contribution in [1.29, 1.82) is 0 Å². The maximum atomic E-state index is 11.1. The third-order valence-electron chi connectivity index (χ3n) is 1.81. The molecular formula is C7H12N2O2. The lowest BCUT2D eigenvalue weighted by Crippen LogP contribution is -2.28. The van der Waals surface area contributed by atoms with Gasteiger partial charge in [0.1, 0.15) is 6.04 Å². The van der Waals surface area contributed by atoms with Crippen LogP contribution in [0.5, 0.6) is 0 Å². The van der Waals surface area contributed by atoms with Crippen LogP contribution in [-0.2, 0) is 4.79 Å². The lowest BCUT2D eigenvalue weighted by molar-refractivity contribution is -0.126. The number of rotatable bonds is 2. The quantitative estimate of drug-likeness (QED) is 0.586. The van der Waals surface area contributed by atoms with E-state index in [1.54, 1.807) is 0 Å². The summed E-state index contributed by atoms with van der Waals surface area (Å²) in [4.78, 5) is 23.1. The predicted molar refractivity (Wildman–Crippen MR) is 40.0 cm³/mol. The lowest BCUT2D eigenvalue weighted by Gasteiger charge is -2.04. The first-order valence-electron chi connectivity index (χ1n) is 3.75. The van der Waals surface area contributed by atoms with E-state index in [0.29, 0.717) is 0 Å². The number of hydrogen-bond acceptors (Lipinski definition) is 2. The lowest BCUT2D eigenvalue weighted by atomic mass is 10.2. The molecule has 1 aliphatic rings. The average molecular weight is 156 g/mol. The van der Waals surface area contributed by atoms with Gasteiger partial charge in [0.25, 0.3) is 5.91 Å². The standard InChI is InChI=1S/C7H12N2O2/c1-3-4-5-6(10)9(2)7(11)8-5/h5H,3-4H2,1-2H3,(H,8,11)/t5-/m0/s1. The fraction of sp³-hybridized carbons (Fsp3) is 0.714. The predicted octanol–water partition coefficient (Wildman–Crippen LogP) is 0.337. The molecule has 0 bridgehead atoms. The van der Waals surface area contributed by atoms with Crippen molar-refractivity contribution in [2.45, 2.75) is 25.8 Å². The normalized spacial score (nSPS) is 24.2. The second-order valence-electron chi connectivity index (χ2n) is 2.69. The van der Waals surface area contributed by atoms with Gasteiger partial charge in [0.05, 0.1) is 0 Å². The summed E-state index contributed by atoms with van der Waals surface area (Å²) in [5.74, 6) is -0.114. The molecule has 1 aliphatic heterocycles. The molecule has 4 nitrogen and oxygen atoms in total. The molecular weight excluding hydrogens is 144 g/mol. The number of hydrogen-bond donors (Lipinski definition) is 1. The van der Waals surface area contributed by atoms with Gasteiger partial charge < -0.3 is 5.32 Å². The molecule has 0 aromatic carbocycles. The number of carbonyl (C=O) groups excluding carboxylic acids is 2. The Balaban J connectivity index is 2.60. The van der Waals surface area contributed by atoms with Crippen LogP contribution in [0.2, 0.25) is 0 Å². The van der Waals surface area contributed by atoms with Crippen molar-refractivity contribution in [3.05, 3.63) is 0 Å². The Morgan fingerprint density at radius 2 is 2.18 bits per heavy atom. The Kier molecular flexibility index (Phi) is 2.12. The highest BCUT2D eigenvalue weighted by molar-refractivity contribution is 6.03. The highest BCUT2D eigenvalue weighted by Crippen LogP contribution is 2.07. The van der Waals surface area contributed by atoms with Crippen LogP contribution in [0.3, 0.4) is 0 Å². The number of amides is 3. The Hall–Kier alpha value is -1.06. The average Bonchev–Trinajstić information content (AvgIpc) is 2.19. The molecule has 1 atom stereocenters. The van der Waals surface area contributed by atoms with E-state index in [0.717, 1.165) is 17.7 Å². The van der Waals surface area contributed by atoms with E-state index >= 15 is 0 Å². The topological polar surface area (TPSA) is 49.4 Å². The zero-order chi connectivity index (χ0) is 8.43. The highest BCUT2D eigenvalue weighted by Gasteiger charge is 2.33. The summed E-state index contributed by atoms with van der Waals surface area (Å²) < 4.78 is 0. The van der Waals surface area contributed by atoms with E-state index in [2.05, 4.69) is 5.32 Å². The maximum Gasteiger partial charge on any atom is 0.324 e. The van der Waals surface area contributed by atoms with Gasteiger partial charge >= 0.3 is 6.03 Å². The molecule has 1 heterocycles. The zero-order valence-corrected chi connectivity index (χ0v) is 6.76. The molecule has 1 saturated heterocycles. The third kappa shape index (κ3) is 1.34. The molecule has 3 amide bonds. The van der Waals surface area contributed by atoms with Crippen molar-refractivity contribution in [2.24, 2.45) is 0 Å². The fourth-order valence-electron chi connectivity index (χ4n) is 1.13. The largest absolute Gasteiger partial charge is 0.326 e. The van der Waals surface area contributed by atoms with Crippen LogP contribution in [0.25, 0.3) is 0 Å². The van der Waals surface area contributed by atoms with Crippen LogP contribution in [0.15, 0.2) is 0 Å². The minimum Gasteiger partial charge on any atom is -0.326 e. The zero-order valence-electron chi connectivity index (χ0n) is 6.76. The molecule has 0 unspecified atom stereocenters. The summed E-state index contributed by atoms with van der Waals surface area (Å²) in [6.07, 6.45) is 1.64. The van der Waals surface area contributed by atoms with Gasteiger partial charge in [-0.3, -0.25) is 9.69 Å². The Bertz CT molecular complexity index is 191. The first-order valence-corrected chi connectivity index (χ1v) is 3.75. The second kappa shape index (κ2) is 2.90. The van der Waals surface area contributed by atoms with Crippen molar-refractivity contribution in [3.63, 3.8) is 0 Å². The molecule has 0 radical (unpaired) electrons. The minimum atomic E-state index is -0.284. The van der Waals surface area contributed by atoms with E-state index in [4.69, 9.17) is 0 Å². The molecule has 1 rings (SSSR count). The molecule has 0 saturated carbocycles. The summed E-state index contributed by atoms with van der Waals surface area (Å²) in [7, 11) is 1.49. The highest BCUT2D eigenvalue weighted by atomic mass is 16.2. The van der Waals surface area contributed by atoms with Crippen LogP contribution in [0.4, 0.5) is 4.79 Å². The summed E-state index contributed by atoms with van der Waals surface area (Å²) >= 11 is 0. The van der Waals surface area contributed by atoms with Crippen LogP contribution >= 0.6 is 0 Å². The summed E-state index contributed by atoms with van der Waals surface area (Å²) in [5.41, 5.74) is 0. The summed E-state index contributed by atoms with van der Waals surface area (Å²) in [6.45, 7) is 1.98. The van der Waals surface area contributed by atoms with E-state index in [9.17, 15) is 9.59 Å². The molecule has 11 heavy (non-hydrogen) atoms. The van der Waals surface area contributed by atoms with Crippen molar-refractivity contribution in [2.75, 3.05) is 7.05 Å². The molecule has 0 aliphatic carbocycles. The second-order valence-corrected chi connectivity index (χ2v) is 2.69.